The minimum absolute atomic E-state index is 0.0275. The van der Waals surface area contributed by atoms with E-state index in [2.05, 4.69) is 9.98 Å². The normalized spacial score (nSPS) is 16.8. The first kappa shape index (κ1) is 23.2. The highest BCUT2D eigenvalue weighted by Crippen LogP contribution is 2.36. The van der Waals surface area contributed by atoms with Crippen molar-refractivity contribution >= 4 is 52.5 Å². The number of nitrogens with zero attached hydrogens (tertiary/aromatic N) is 2. The molecule has 0 saturated carbocycles. The van der Waals surface area contributed by atoms with Gasteiger partial charge in [-0.2, -0.15) is 0 Å². The molecule has 0 bridgehead atoms. The molecule has 2 heterocycles. The number of benzene rings is 2. The van der Waals surface area contributed by atoms with E-state index in [-0.39, 0.29) is 22.9 Å². The summed E-state index contributed by atoms with van der Waals surface area (Å²) in [5.74, 6) is -0.756. The highest BCUT2D eigenvalue weighted by atomic mass is 35.5. The smallest absolute Gasteiger partial charge is 0.355 e. The van der Waals surface area contributed by atoms with Crippen LogP contribution >= 0.6 is 34.5 Å². The first-order valence-corrected chi connectivity index (χ1v) is 11.4. The van der Waals surface area contributed by atoms with Crippen LogP contribution in [0.3, 0.4) is 0 Å². The lowest BCUT2D eigenvalue weighted by molar-refractivity contribution is 0.0690. The van der Waals surface area contributed by atoms with Gasteiger partial charge in [0.25, 0.3) is 0 Å². The number of hydrogen-bond acceptors (Lipinski definition) is 6. The second-order valence-corrected chi connectivity index (χ2v) is 9.49. The lowest BCUT2D eigenvalue weighted by atomic mass is 9.84. The Balaban J connectivity index is 1.76. The Morgan fingerprint density at radius 2 is 1.97 bits per heavy atom. The van der Waals surface area contributed by atoms with Gasteiger partial charge in [-0.3, -0.25) is 9.79 Å². The number of hydrogen-bond donors (Lipinski definition) is 1. The molecule has 2 aromatic carbocycles. The number of halogens is 2. The van der Waals surface area contributed by atoms with Crippen LogP contribution in [-0.2, 0) is 6.42 Å². The number of thiazole rings is 1. The van der Waals surface area contributed by atoms with Crippen LogP contribution < -0.4 is 4.74 Å². The Bertz CT molecular complexity index is 1320. The van der Waals surface area contributed by atoms with Crippen molar-refractivity contribution in [2.75, 3.05) is 7.11 Å². The van der Waals surface area contributed by atoms with E-state index in [0.717, 1.165) is 11.1 Å². The monoisotopic (exact) mass is 500 g/mol. The van der Waals surface area contributed by atoms with Crippen LogP contribution in [-0.4, -0.2) is 40.7 Å². The van der Waals surface area contributed by atoms with Gasteiger partial charge in [-0.25, -0.2) is 9.78 Å². The van der Waals surface area contributed by atoms with E-state index in [4.69, 9.17) is 27.9 Å². The van der Waals surface area contributed by atoms with Gasteiger partial charge >= 0.3 is 5.97 Å². The molecule has 0 aliphatic carbocycles. The molecular weight excluding hydrogens is 483 g/mol. The van der Waals surface area contributed by atoms with E-state index in [1.54, 1.807) is 50.6 Å². The zero-order valence-corrected chi connectivity index (χ0v) is 20.0. The molecule has 0 fully saturated rings. The molecule has 1 aromatic heterocycles. The number of carbonyl (C=O) groups excluding carboxylic acids is 1. The third-order valence-corrected chi connectivity index (χ3v) is 6.89. The van der Waals surface area contributed by atoms with Crippen molar-refractivity contribution in [1.82, 2.24) is 4.98 Å². The number of carboxylic acids is 1. The maximum atomic E-state index is 13.6. The van der Waals surface area contributed by atoms with Gasteiger partial charge in [-0.15, -0.1) is 11.3 Å². The quantitative estimate of drug-likeness (QED) is 0.405. The van der Waals surface area contributed by atoms with Crippen molar-refractivity contribution in [2.24, 2.45) is 4.99 Å². The Morgan fingerprint density at radius 3 is 2.58 bits per heavy atom. The molecule has 0 spiro atoms. The van der Waals surface area contributed by atoms with Crippen molar-refractivity contribution in [3.63, 3.8) is 0 Å². The van der Waals surface area contributed by atoms with Gasteiger partial charge in [0.05, 0.1) is 12.1 Å². The minimum Gasteiger partial charge on any atom is -0.496 e. The molecule has 3 aromatic rings. The van der Waals surface area contributed by atoms with Crippen LogP contribution in [0.5, 0.6) is 5.75 Å². The van der Waals surface area contributed by atoms with Crippen molar-refractivity contribution in [3.05, 3.63) is 80.3 Å². The van der Waals surface area contributed by atoms with Crippen molar-refractivity contribution in [3.8, 4) is 16.3 Å². The number of aromatic nitrogens is 1. The van der Waals surface area contributed by atoms with E-state index < -0.39 is 11.5 Å². The number of ketones is 1. The van der Waals surface area contributed by atoms with Gasteiger partial charge in [-0.1, -0.05) is 23.2 Å². The number of rotatable bonds is 7. The van der Waals surface area contributed by atoms with Gasteiger partial charge in [0.2, 0.25) is 0 Å². The summed E-state index contributed by atoms with van der Waals surface area (Å²) in [7, 11) is 1.55. The highest BCUT2D eigenvalue weighted by Gasteiger charge is 2.39. The number of allylic oxidation sites excluding steroid dienone is 1. The lowest BCUT2D eigenvalue weighted by Crippen LogP contribution is -2.36. The molecule has 1 aliphatic rings. The number of aromatic carboxylic acids is 1. The average molecular weight is 501 g/mol. The van der Waals surface area contributed by atoms with Crippen LogP contribution in [0.4, 0.5) is 0 Å². The molecule has 0 saturated heterocycles. The van der Waals surface area contributed by atoms with Crippen molar-refractivity contribution < 1.29 is 19.4 Å². The zero-order valence-electron chi connectivity index (χ0n) is 17.6. The predicted octanol–water partition coefficient (Wildman–Crippen LogP) is 5.94. The first-order valence-electron chi connectivity index (χ1n) is 9.85. The molecule has 4 rings (SSSR count). The SMILES string of the molecule is COc1ccc(-c2nc(C(=O)O)c(C)s2)cc1CC1(C(=O)c2ccc(Cl)cc2Cl)C=CC=N1. The molecule has 1 aliphatic heterocycles. The Kier molecular flexibility index (Phi) is 6.38. The highest BCUT2D eigenvalue weighted by molar-refractivity contribution is 7.15. The molecule has 0 amide bonds. The molecule has 1 N–H and O–H groups in total. The van der Waals surface area contributed by atoms with Gasteiger partial charge in [0, 0.05) is 33.7 Å². The molecule has 168 valence electrons. The van der Waals surface area contributed by atoms with Crippen LogP contribution in [0.25, 0.3) is 10.6 Å². The third-order valence-electron chi connectivity index (χ3n) is 5.32. The van der Waals surface area contributed by atoms with Gasteiger partial charge in [0.1, 0.15) is 16.3 Å². The van der Waals surface area contributed by atoms with Crippen molar-refractivity contribution in [2.45, 2.75) is 18.9 Å². The van der Waals surface area contributed by atoms with Crippen LogP contribution in [0, 0.1) is 6.92 Å². The van der Waals surface area contributed by atoms with Crippen LogP contribution in [0.2, 0.25) is 10.0 Å². The lowest BCUT2D eigenvalue weighted by Gasteiger charge is -2.25. The number of aryl methyl sites for hydroxylation is 1. The van der Waals surface area contributed by atoms with Crippen LogP contribution in [0.1, 0.15) is 31.3 Å². The summed E-state index contributed by atoms with van der Waals surface area (Å²) in [6, 6.07) is 10.2. The predicted molar refractivity (Wildman–Crippen MR) is 131 cm³/mol. The Hall–Kier alpha value is -3.00. The Labute approximate surface area is 204 Å². The van der Waals surface area contributed by atoms with E-state index in [0.29, 0.717) is 26.2 Å². The molecule has 9 heteroatoms. The number of aliphatic imine (C=N–C) groups is 1. The second-order valence-electron chi connectivity index (χ2n) is 7.45. The zero-order chi connectivity index (χ0) is 23.8. The minimum atomic E-state index is -1.20. The molecule has 1 atom stereocenters. The summed E-state index contributed by atoms with van der Waals surface area (Å²) in [5.41, 5.74) is 0.599. The maximum absolute atomic E-state index is 13.6. The topological polar surface area (TPSA) is 88.9 Å². The third kappa shape index (κ3) is 4.44. The summed E-state index contributed by atoms with van der Waals surface area (Å²) < 4.78 is 5.54. The second kappa shape index (κ2) is 9.09. The summed E-state index contributed by atoms with van der Waals surface area (Å²) in [4.78, 5) is 34.4. The fourth-order valence-electron chi connectivity index (χ4n) is 3.71. The standard InChI is InChI=1S/C24H18Cl2N2O4S/c1-13-20(23(30)31)28-22(33-13)14-4-7-19(32-2)15(10-14)12-24(8-3-9-27-24)21(29)17-6-5-16(25)11-18(17)26/h3-11H,12H2,1-2H3,(H,30,31). The maximum Gasteiger partial charge on any atom is 0.355 e. The van der Waals surface area contributed by atoms with E-state index in [1.807, 2.05) is 12.1 Å². The summed E-state index contributed by atoms with van der Waals surface area (Å²) in [6.45, 7) is 1.72. The fraction of sp³-hybridized carbons (Fsp3) is 0.167. The van der Waals surface area contributed by atoms with Crippen LogP contribution in [0.15, 0.2) is 53.5 Å². The van der Waals surface area contributed by atoms with E-state index >= 15 is 0 Å². The van der Waals surface area contributed by atoms with Crippen molar-refractivity contribution in [1.29, 1.82) is 0 Å². The number of carbonyl (C=O) groups is 2. The largest absolute Gasteiger partial charge is 0.496 e. The molecule has 1 unspecified atom stereocenters. The fourth-order valence-corrected chi connectivity index (χ4v) is 5.10. The van der Waals surface area contributed by atoms with Gasteiger partial charge in [0.15, 0.2) is 11.5 Å². The molecule has 33 heavy (non-hydrogen) atoms. The molecule has 6 nitrogen and oxygen atoms in total. The van der Waals surface area contributed by atoms with Gasteiger partial charge < -0.3 is 9.84 Å². The number of ether oxygens (including phenoxy) is 1. The summed E-state index contributed by atoms with van der Waals surface area (Å²) >= 11 is 13.6. The molecule has 0 radical (unpaired) electrons. The average Bonchev–Trinajstić information content (AvgIpc) is 3.41. The number of methoxy groups -OCH3 is 1. The van der Waals surface area contributed by atoms with E-state index in [9.17, 15) is 14.7 Å². The Morgan fingerprint density at radius 1 is 1.18 bits per heavy atom. The van der Waals surface area contributed by atoms with Gasteiger partial charge in [-0.05, 0) is 61.0 Å². The summed E-state index contributed by atoms with van der Waals surface area (Å²) in [5, 5.41) is 10.6. The summed E-state index contributed by atoms with van der Waals surface area (Å²) in [6.07, 6.45) is 5.26. The first-order chi connectivity index (χ1) is 15.7. The molecular formula is C24H18Cl2N2O4S. The van der Waals surface area contributed by atoms with E-state index in [1.165, 1.54) is 17.4 Å². The number of carboxylic acid groups (broad SMARTS) is 1. The number of Topliss-reactive ketones (excluding diaryl/α,β-unsaturated/α-hetero) is 1.